The van der Waals surface area contributed by atoms with Crippen LogP contribution in [0.1, 0.15) is 25.7 Å². The van der Waals surface area contributed by atoms with Crippen LogP contribution in [0.4, 0.5) is 0 Å². The SMILES string of the molecule is CON(C)C(=O)C1CCCCC1Br. The summed E-state index contributed by atoms with van der Waals surface area (Å²) in [7, 11) is 3.18. The van der Waals surface area contributed by atoms with Gasteiger partial charge in [-0.15, -0.1) is 0 Å². The average molecular weight is 250 g/mol. The van der Waals surface area contributed by atoms with Crippen LogP contribution in [-0.2, 0) is 9.63 Å². The first-order valence-corrected chi connectivity index (χ1v) is 5.54. The molecule has 0 radical (unpaired) electrons. The van der Waals surface area contributed by atoms with Gasteiger partial charge in [0.15, 0.2) is 0 Å². The first kappa shape index (κ1) is 11.0. The van der Waals surface area contributed by atoms with Crippen LogP contribution in [0.5, 0.6) is 0 Å². The van der Waals surface area contributed by atoms with Crippen LogP contribution >= 0.6 is 15.9 Å². The number of carbonyl (C=O) groups is 1. The molecule has 0 bridgehead atoms. The lowest BCUT2D eigenvalue weighted by Gasteiger charge is -2.28. The maximum atomic E-state index is 11.7. The smallest absolute Gasteiger partial charge is 0.250 e. The minimum atomic E-state index is 0.0871. The molecule has 2 atom stereocenters. The molecule has 0 aromatic carbocycles. The van der Waals surface area contributed by atoms with Crippen molar-refractivity contribution in [1.82, 2.24) is 5.06 Å². The Balaban J connectivity index is 2.53. The van der Waals surface area contributed by atoms with Crippen molar-refractivity contribution in [3.8, 4) is 0 Å². The van der Waals surface area contributed by atoms with Crippen LogP contribution in [0, 0.1) is 5.92 Å². The summed E-state index contributed by atoms with van der Waals surface area (Å²) in [5.41, 5.74) is 0. The van der Waals surface area contributed by atoms with E-state index >= 15 is 0 Å². The van der Waals surface area contributed by atoms with E-state index in [1.165, 1.54) is 18.6 Å². The third kappa shape index (κ3) is 2.68. The Labute approximate surface area is 87.5 Å². The van der Waals surface area contributed by atoms with Gasteiger partial charge in [-0.2, -0.15) is 0 Å². The van der Waals surface area contributed by atoms with Crippen molar-refractivity contribution in [2.75, 3.05) is 14.2 Å². The van der Waals surface area contributed by atoms with Crippen LogP contribution in [0.2, 0.25) is 0 Å². The highest BCUT2D eigenvalue weighted by atomic mass is 79.9. The molecule has 76 valence electrons. The molecule has 1 aliphatic carbocycles. The van der Waals surface area contributed by atoms with Crippen molar-refractivity contribution in [2.45, 2.75) is 30.5 Å². The van der Waals surface area contributed by atoms with E-state index in [1.807, 2.05) is 0 Å². The van der Waals surface area contributed by atoms with Crippen molar-refractivity contribution in [2.24, 2.45) is 5.92 Å². The standard InChI is InChI=1S/C9H16BrNO2/c1-11(13-2)9(12)7-5-3-4-6-8(7)10/h7-8H,3-6H2,1-2H3. The Morgan fingerprint density at radius 2 is 2.08 bits per heavy atom. The third-order valence-electron chi connectivity index (χ3n) is 2.58. The fraction of sp³-hybridized carbons (Fsp3) is 0.889. The second-order valence-corrected chi connectivity index (χ2v) is 4.60. The van der Waals surface area contributed by atoms with Crippen LogP contribution in [0.15, 0.2) is 0 Å². The van der Waals surface area contributed by atoms with Crippen molar-refractivity contribution in [3.63, 3.8) is 0 Å². The van der Waals surface area contributed by atoms with Crippen LogP contribution < -0.4 is 0 Å². The number of hydrogen-bond acceptors (Lipinski definition) is 2. The van der Waals surface area contributed by atoms with Crippen LogP contribution in [-0.4, -0.2) is 30.0 Å². The summed E-state index contributed by atoms with van der Waals surface area (Å²) in [5.74, 6) is 0.183. The lowest BCUT2D eigenvalue weighted by atomic mass is 9.88. The molecule has 4 heteroatoms. The fourth-order valence-electron chi connectivity index (χ4n) is 1.69. The first-order valence-electron chi connectivity index (χ1n) is 4.62. The summed E-state index contributed by atoms with van der Waals surface area (Å²) >= 11 is 3.55. The summed E-state index contributed by atoms with van der Waals surface area (Å²) in [6.07, 6.45) is 4.43. The first-order chi connectivity index (χ1) is 6.16. The predicted octanol–water partition coefficient (Wildman–Crippen LogP) is 1.96. The van der Waals surface area contributed by atoms with Gasteiger partial charge in [0.25, 0.3) is 0 Å². The highest BCUT2D eigenvalue weighted by Gasteiger charge is 2.31. The van der Waals surface area contributed by atoms with E-state index in [9.17, 15) is 4.79 Å². The molecular formula is C9H16BrNO2. The maximum Gasteiger partial charge on any atom is 0.250 e. The van der Waals surface area contributed by atoms with Gasteiger partial charge in [-0.1, -0.05) is 28.8 Å². The van der Waals surface area contributed by atoms with Gasteiger partial charge >= 0.3 is 0 Å². The topological polar surface area (TPSA) is 29.5 Å². The van der Waals surface area contributed by atoms with E-state index in [0.29, 0.717) is 4.83 Å². The molecule has 0 spiro atoms. The lowest BCUT2D eigenvalue weighted by Crippen LogP contribution is -2.37. The molecule has 1 aliphatic rings. The van der Waals surface area contributed by atoms with E-state index in [-0.39, 0.29) is 11.8 Å². The summed E-state index contributed by atoms with van der Waals surface area (Å²) in [4.78, 5) is 16.9. The number of rotatable bonds is 2. The number of carbonyl (C=O) groups excluding carboxylic acids is 1. The van der Waals surface area contributed by atoms with Crippen LogP contribution in [0.25, 0.3) is 0 Å². The van der Waals surface area contributed by atoms with Crippen LogP contribution in [0.3, 0.4) is 0 Å². The Morgan fingerprint density at radius 3 is 2.62 bits per heavy atom. The molecule has 1 amide bonds. The number of hydrogen-bond donors (Lipinski definition) is 0. The summed E-state index contributed by atoms with van der Waals surface area (Å²) in [6.45, 7) is 0. The Morgan fingerprint density at radius 1 is 1.46 bits per heavy atom. The van der Waals surface area contributed by atoms with Gasteiger partial charge in [0.1, 0.15) is 0 Å². The molecule has 0 heterocycles. The fourth-order valence-corrected chi connectivity index (χ4v) is 2.50. The van der Waals surface area contributed by atoms with Crippen molar-refractivity contribution >= 4 is 21.8 Å². The minimum absolute atomic E-state index is 0.0871. The molecule has 1 saturated carbocycles. The zero-order valence-corrected chi connectivity index (χ0v) is 9.71. The van der Waals surface area contributed by atoms with E-state index in [4.69, 9.17) is 4.84 Å². The molecule has 0 aliphatic heterocycles. The molecule has 3 nitrogen and oxygen atoms in total. The van der Waals surface area contributed by atoms with Gasteiger partial charge in [-0.3, -0.25) is 9.63 Å². The molecule has 0 saturated heterocycles. The molecular weight excluding hydrogens is 234 g/mol. The molecule has 0 aromatic rings. The Bertz CT molecular complexity index is 186. The summed E-state index contributed by atoms with van der Waals surface area (Å²) < 4.78 is 0. The second-order valence-electron chi connectivity index (χ2n) is 3.43. The number of nitrogens with zero attached hydrogens (tertiary/aromatic N) is 1. The number of halogens is 1. The van der Waals surface area contributed by atoms with E-state index in [1.54, 1.807) is 7.05 Å². The highest BCUT2D eigenvalue weighted by molar-refractivity contribution is 9.09. The normalized spacial score (nSPS) is 28.5. The zero-order chi connectivity index (χ0) is 9.84. The molecule has 13 heavy (non-hydrogen) atoms. The molecule has 2 unspecified atom stereocenters. The largest absolute Gasteiger partial charge is 0.275 e. The van der Waals surface area contributed by atoms with Gasteiger partial charge < -0.3 is 0 Å². The molecule has 1 fully saturated rings. The molecule has 0 aromatic heterocycles. The average Bonchev–Trinajstić information content (AvgIpc) is 2.16. The van der Waals surface area contributed by atoms with E-state index in [0.717, 1.165) is 19.3 Å². The number of amides is 1. The third-order valence-corrected chi connectivity index (χ3v) is 3.68. The lowest BCUT2D eigenvalue weighted by molar-refractivity contribution is -0.174. The highest BCUT2D eigenvalue weighted by Crippen LogP contribution is 2.30. The van der Waals surface area contributed by atoms with Gasteiger partial charge in [0.2, 0.25) is 5.91 Å². The monoisotopic (exact) mass is 249 g/mol. The summed E-state index contributed by atoms with van der Waals surface area (Å²) in [6, 6.07) is 0. The Hall–Kier alpha value is -0.0900. The maximum absolute atomic E-state index is 11.7. The van der Waals surface area contributed by atoms with Crippen molar-refractivity contribution in [3.05, 3.63) is 0 Å². The van der Waals surface area contributed by atoms with Crippen molar-refractivity contribution < 1.29 is 9.63 Å². The molecule has 0 N–H and O–H groups in total. The minimum Gasteiger partial charge on any atom is -0.275 e. The van der Waals surface area contributed by atoms with Crippen molar-refractivity contribution in [1.29, 1.82) is 0 Å². The van der Waals surface area contributed by atoms with Gasteiger partial charge in [-0.05, 0) is 12.8 Å². The summed E-state index contributed by atoms with van der Waals surface area (Å²) in [5, 5.41) is 1.32. The second kappa shape index (κ2) is 4.96. The van der Waals surface area contributed by atoms with Gasteiger partial charge in [0, 0.05) is 11.9 Å². The van der Waals surface area contributed by atoms with E-state index < -0.39 is 0 Å². The number of hydroxylamine groups is 2. The van der Waals surface area contributed by atoms with E-state index in [2.05, 4.69) is 15.9 Å². The quantitative estimate of drug-likeness (QED) is 0.553. The predicted molar refractivity (Wildman–Crippen MR) is 54.5 cm³/mol. The van der Waals surface area contributed by atoms with Gasteiger partial charge in [-0.25, -0.2) is 5.06 Å². The zero-order valence-electron chi connectivity index (χ0n) is 8.12. The number of alkyl halides is 1. The Kier molecular flexibility index (Phi) is 4.19. The molecule has 1 rings (SSSR count). The van der Waals surface area contributed by atoms with Gasteiger partial charge in [0.05, 0.1) is 13.0 Å².